The monoisotopic (exact) mass is 142 g/mol. The van der Waals surface area contributed by atoms with Crippen LogP contribution in [0.1, 0.15) is 20.8 Å². The zero-order chi connectivity index (χ0) is 7.35. The molecule has 0 N–H and O–H groups in total. The molecule has 2 heterocycles. The highest BCUT2D eigenvalue weighted by Gasteiger charge is 2.54. The van der Waals surface area contributed by atoms with Gasteiger partial charge < -0.3 is 9.47 Å². The largest absolute Gasteiger partial charge is 0.372 e. The summed E-state index contributed by atoms with van der Waals surface area (Å²) >= 11 is 0. The zero-order valence-electron chi connectivity index (χ0n) is 6.76. The lowest BCUT2D eigenvalue weighted by Crippen LogP contribution is -2.33. The van der Waals surface area contributed by atoms with Gasteiger partial charge in [-0.25, -0.2) is 0 Å². The fourth-order valence-corrected chi connectivity index (χ4v) is 2.06. The Balaban J connectivity index is 2.26. The van der Waals surface area contributed by atoms with Gasteiger partial charge in [-0.05, 0) is 13.8 Å². The molecule has 10 heavy (non-hydrogen) atoms. The first-order valence-electron chi connectivity index (χ1n) is 3.93. The van der Waals surface area contributed by atoms with Crippen molar-refractivity contribution in [2.24, 2.45) is 5.92 Å². The predicted octanol–water partition coefficient (Wildman–Crippen LogP) is 1.20. The van der Waals surface area contributed by atoms with E-state index in [1.165, 1.54) is 0 Å². The lowest BCUT2D eigenvalue weighted by atomic mass is 9.92. The topological polar surface area (TPSA) is 18.5 Å². The van der Waals surface area contributed by atoms with Gasteiger partial charge in [-0.15, -0.1) is 0 Å². The van der Waals surface area contributed by atoms with Gasteiger partial charge in [0.2, 0.25) is 0 Å². The first-order chi connectivity index (χ1) is 4.63. The van der Waals surface area contributed by atoms with Crippen LogP contribution in [0, 0.1) is 5.92 Å². The molecule has 0 aromatic carbocycles. The minimum atomic E-state index is 0.0179. The van der Waals surface area contributed by atoms with E-state index in [1.807, 2.05) is 0 Å². The third-order valence-corrected chi connectivity index (χ3v) is 2.94. The van der Waals surface area contributed by atoms with Crippen molar-refractivity contribution in [2.45, 2.75) is 38.6 Å². The average molecular weight is 142 g/mol. The van der Waals surface area contributed by atoms with Crippen LogP contribution in [0.15, 0.2) is 0 Å². The van der Waals surface area contributed by atoms with Gasteiger partial charge in [0, 0.05) is 5.92 Å². The van der Waals surface area contributed by atoms with Gasteiger partial charge in [0.25, 0.3) is 0 Å². The molecule has 2 aliphatic heterocycles. The summed E-state index contributed by atoms with van der Waals surface area (Å²) in [5.74, 6) is 0.572. The van der Waals surface area contributed by atoms with Gasteiger partial charge in [-0.3, -0.25) is 0 Å². The standard InChI is InChI=1S/C8H14O2/c1-5-7-6(2)10-8(5,3)4-9-7/h5-7H,4H2,1-3H3/t5?,6-,7?,8+/m1/s1. The summed E-state index contributed by atoms with van der Waals surface area (Å²) in [5.41, 5.74) is 0.0179. The number of fused-ring (bicyclic) bond motifs is 2. The van der Waals surface area contributed by atoms with Crippen molar-refractivity contribution in [3.8, 4) is 0 Å². The highest BCUT2D eigenvalue weighted by atomic mass is 16.6. The van der Waals surface area contributed by atoms with E-state index < -0.39 is 0 Å². The minimum absolute atomic E-state index is 0.0179. The highest BCUT2D eigenvalue weighted by molar-refractivity contribution is 5.01. The van der Waals surface area contributed by atoms with Gasteiger partial charge in [0.15, 0.2) is 0 Å². The Kier molecular flexibility index (Phi) is 1.15. The highest BCUT2D eigenvalue weighted by Crippen LogP contribution is 2.43. The second-order valence-electron chi connectivity index (χ2n) is 3.70. The molecule has 2 fully saturated rings. The fourth-order valence-electron chi connectivity index (χ4n) is 2.06. The van der Waals surface area contributed by atoms with E-state index in [0.29, 0.717) is 18.1 Å². The third-order valence-electron chi connectivity index (χ3n) is 2.94. The lowest BCUT2D eigenvalue weighted by molar-refractivity contribution is -0.128. The van der Waals surface area contributed by atoms with Crippen LogP contribution in [0.25, 0.3) is 0 Å². The van der Waals surface area contributed by atoms with E-state index >= 15 is 0 Å². The molecule has 2 saturated heterocycles. The SMILES string of the molecule is CC1C2OC[C@]1(C)O[C@@H]2C. The van der Waals surface area contributed by atoms with Gasteiger partial charge in [0.05, 0.1) is 24.4 Å². The van der Waals surface area contributed by atoms with Gasteiger partial charge in [-0.2, -0.15) is 0 Å². The second kappa shape index (κ2) is 1.74. The summed E-state index contributed by atoms with van der Waals surface area (Å²) in [6.07, 6.45) is 0.652. The molecule has 58 valence electrons. The van der Waals surface area contributed by atoms with E-state index in [4.69, 9.17) is 9.47 Å². The maximum Gasteiger partial charge on any atom is 0.0942 e. The maximum absolute atomic E-state index is 5.73. The predicted molar refractivity (Wildman–Crippen MR) is 37.9 cm³/mol. The zero-order valence-corrected chi connectivity index (χ0v) is 6.76. The Morgan fingerprint density at radius 2 is 2.10 bits per heavy atom. The van der Waals surface area contributed by atoms with Gasteiger partial charge >= 0.3 is 0 Å². The van der Waals surface area contributed by atoms with Crippen molar-refractivity contribution in [1.29, 1.82) is 0 Å². The van der Waals surface area contributed by atoms with Crippen LogP contribution in [0.3, 0.4) is 0 Å². The summed E-state index contributed by atoms with van der Waals surface area (Å²) in [7, 11) is 0. The molecule has 2 unspecified atom stereocenters. The number of hydrogen-bond donors (Lipinski definition) is 0. The Morgan fingerprint density at radius 1 is 1.40 bits per heavy atom. The Bertz CT molecular complexity index is 157. The van der Waals surface area contributed by atoms with Crippen LogP contribution in [-0.4, -0.2) is 24.4 Å². The molecule has 0 saturated carbocycles. The molecule has 2 bridgehead atoms. The molecule has 2 rings (SSSR count). The van der Waals surface area contributed by atoms with Crippen molar-refractivity contribution >= 4 is 0 Å². The summed E-state index contributed by atoms with van der Waals surface area (Å²) in [5, 5.41) is 0. The Hall–Kier alpha value is -0.0800. The van der Waals surface area contributed by atoms with Crippen LogP contribution < -0.4 is 0 Å². The summed E-state index contributed by atoms with van der Waals surface area (Å²) in [6.45, 7) is 7.22. The van der Waals surface area contributed by atoms with E-state index in [1.54, 1.807) is 0 Å². The lowest BCUT2D eigenvalue weighted by Gasteiger charge is -2.25. The van der Waals surface area contributed by atoms with E-state index in [9.17, 15) is 0 Å². The van der Waals surface area contributed by atoms with E-state index in [0.717, 1.165) is 6.61 Å². The molecule has 0 aromatic heterocycles. The van der Waals surface area contributed by atoms with Crippen LogP contribution in [0.2, 0.25) is 0 Å². The van der Waals surface area contributed by atoms with Crippen molar-refractivity contribution in [2.75, 3.05) is 6.61 Å². The van der Waals surface area contributed by atoms with Crippen LogP contribution in [-0.2, 0) is 9.47 Å². The molecule has 0 aliphatic carbocycles. The average Bonchev–Trinajstić information content (AvgIpc) is 2.20. The summed E-state index contributed by atoms with van der Waals surface area (Å²) < 4.78 is 11.3. The minimum Gasteiger partial charge on any atom is -0.372 e. The molecule has 0 amide bonds. The first kappa shape index (κ1) is 6.62. The quantitative estimate of drug-likeness (QED) is 0.506. The first-order valence-corrected chi connectivity index (χ1v) is 3.93. The Morgan fingerprint density at radius 3 is 2.30 bits per heavy atom. The van der Waals surface area contributed by atoms with Crippen molar-refractivity contribution in [3.05, 3.63) is 0 Å². The van der Waals surface area contributed by atoms with Crippen molar-refractivity contribution in [1.82, 2.24) is 0 Å². The van der Waals surface area contributed by atoms with E-state index in [2.05, 4.69) is 20.8 Å². The Labute approximate surface area is 61.5 Å². The molecule has 2 nitrogen and oxygen atoms in total. The molecular formula is C8H14O2. The fraction of sp³-hybridized carbons (Fsp3) is 1.00. The third kappa shape index (κ3) is 0.611. The van der Waals surface area contributed by atoms with Gasteiger partial charge in [-0.1, -0.05) is 6.92 Å². The molecule has 0 aromatic rings. The maximum atomic E-state index is 5.73. The molecule has 0 spiro atoms. The summed E-state index contributed by atoms with van der Waals surface area (Å²) in [6, 6.07) is 0. The van der Waals surface area contributed by atoms with Crippen LogP contribution >= 0.6 is 0 Å². The molecule has 2 heteroatoms. The number of rotatable bonds is 0. The second-order valence-corrected chi connectivity index (χ2v) is 3.70. The summed E-state index contributed by atoms with van der Waals surface area (Å²) in [4.78, 5) is 0. The molecule has 2 aliphatic rings. The van der Waals surface area contributed by atoms with Crippen LogP contribution in [0.5, 0.6) is 0 Å². The molecular weight excluding hydrogens is 128 g/mol. The van der Waals surface area contributed by atoms with Gasteiger partial charge in [0.1, 0.15) is 0 Å². The number of ether oxygens (including phenoxy) is 2. The van der Waals surface area contributed by atoms with E-state index in [-0.39, 0.29) is 5.60 Å². The van der Waals surface area contributed by atoms with Crippen molar-refractivity contribution < 1.29 is 9.47 Å². The number of hydrogen-bond acceptors (Lipinski definition) is 2. The van der Waals surface area contributed by atoms with Crippen molar-refractivity contribution in [3.63, 3.8) is 0 Å². The molecule has 0 radical (unpaired) electrons. The van der Waals surface area contributed by atoms with Crippen LogP contribution in [0.4, 0.5) is 0 Å². The normalized spacial score (nSPS) is 59.7. The molecule has 4 atom stereocenters. The smallest absolute Gasteiger partial charge is 0.0942 e.